The van der Waals surface area contributed by atoms with E-state index in [9.17, 15) is 9.90 Å². The first-order chi connectivity index (χ1) is 13.2. The van der Waals surface area contributed by atoms with E-state index in [0.717, 1.165) is 40.7 Å². The Bertz CT molecular complexity index is 971. The minimum atomic E-state index is -0.784. The number of carboxylic acid groups (broad SMARTS) is 1. The van der Waals surface area contributed by atoms with Gasteiger partial charge in [-0.3, -0.25) is 4.79 Å². The minimum absolute atomic E-state index is 0.0451. The molecule has 0 unspecified atom stereocenters. The van der Waals surface area contributed by atoms with Crippen LogP contribution in [-0.2, 0) is 16.0 Å². The van der Waals surface area contributed by atoms with Crippen LogP contribution in [0.2, 0.25) is 0 Å². The molecule has 1 fully saturated rings. The molecule has 0 heterocycles. The Labute approximate surface area is 167 Å². The fourth-order valence-electron chi connectivity index (χ4n) is 4.65. The van der Waals surface area contributed by atoms with Crippen molar-refractivity contribution in [3.8, 4) is 0 Å². The molecule has 0 aliphatic heterocycles. The van der Waals surface area contributed by atoms with Crippen molar-refractivity contribution in [3.63, 3.8) is 0 Å². The zero-order valence-electron chi connectivity index (χ0n) is 17.4. The van der Waals surface area contributed by atoms with Crippen molar-refractivity contribution in [2.45, 2.75) is 71.8 Å². The average molecular weight is 379 g/mol. The van der Waals surface area contributed by atoms with Gasteiger partial charge in [-0.25, -0.2) is 0 Å². The van der Waals surface area contributed by atoms with E-state index >= 15 is 0 Å². The van der Waals surface area contributed by atoms with E-state index in [4.69, 9.17) is 4.74 Å². The maximum absolute atomic E-state index is 11.7. The number of carboxylic acids is 1. The molecule has 2 aliphatic rings. The quantitative estimate of drug-likeness (QED) is 0.682. The number of hydrogen-bond donors (Lipinski definition) is 1. The Kier molecular flexibility index (Phi) is 4.52. The topological polar surface area (TPSA) is 46.5 Å². The first kappa shape index (κ1) is 19.0. The lowest BCUT2D eigenvalue weighted by Crippen LogP contribution is -2.23. The number of ether oxygens (including phenoxy) is 1. The summed E-state index contributed by atoms with van der Waals surface area (Å²) in [6.07, 6.45) is 5.74. The predicted molar refractivity (Wildman–Crippen MR) is 113 cm³/mol. The maximum atomic E-state index is 11.7. The van der Waals surface area contributed by atoms with E-state index in [1.807, 2.05) is 19.1 Å². The summed E-state index contributed by atoms with van der Waals surface area (Å²) >= 11 is 0. The van der Waals surface area contributed by atoms with Gasteiger partial charge in [0.25, 0.3) is 0 Å². The van der Waals surface area contributed by atoms with E-state index in [1.165, 1.54) is 30.2 Å². The molecule has 0 aromatic heterocycles. The Morgan fingerprint density at radius 3 is 2.54 bits per heavy atom. The van der Waals surface area contributed by atoms with Gasteiger partial charge in [0, 0.05) is 6.42 Å². The van der Waals surface area contributed by atoms with Crippen LogP contribution in [0.25, 0.3) is 16.3 Å². The lowest BCUT2D eigenvalue weighted by atomic mass is 9.79. The summed E-state index contributed by atoms with van der Waals surface area (Å²) in [7, 11) is 0. The lowest BCUT2D eigenvalue weighted by molar-refractivity contribution is -0.136. The summed E-state index contributed by atoms with van der Waals surface area (Å²) in [5.41, 5.74) is 4.47. The highest BCUT2D eigenvalue weighted by Crippen LogP contribution is 2.59. The number of rotatable bonds is 4. The van der Waals surface area contributed by atoms with Gasteiger partial charge in [0.2, 0.25) is 0 Å². The van der Waals surface area contributed by atoms with Crippen LogP contribution in [0.1, 0.15) is 69.6 Å². The van der Waals surface area contributed by atoms with Gasteiger partial charge >= 0.3 is 5.97 Å². The summed E-state index contributed by atoms with van der Waals surface area (Å²) in [5, 5.41) is 11.9. The Balaban J connectivity index is 1.97. The van der Waals surface area contributed by atoms with E-state index in [2.05, 4.69) is 39.0 Å². The highest BCUT2D eigenvalue weighted by atomic mass is 16.5. The molecule has 2 aromatic rings. The molecule has 2 aliphatic carbocycles. The van der Waals surface area contributed by atoms with Crippen LogP contribution >= 0.6 is 0 Å². The number of benzene rings is 2. The van der Waals surface area contributed by atoms with Gasteiger partial charge in [0.05, 0.1) is 6.42 Å². The highest BCUT2D eigenvalue weighted by molar-refractivity contribution is 5.97. The van der Waals surface area contributed by atoms with Crippen molar-refractivity contribution in [2.24, 2.45) is 5.41 Å². The smallest absolute Gasteiger partial charge is 0.307 e. The van der Waals surface area contributed by atoms with Crippen LogP contribution in [0.4, 0.5) is 0 Å². The molecule has 1 N–H and O–H groups in total. The monoisotopic (exact) mass is 378 g/mol. The third-order valence-corrected chi connectivity index (χ3v) is 6.17. The SMILES string of the molecule is Cc1cc2ccccc2c(C2=C(OC(C)(C)C)CC3(CC2)CC3)c1CC(=O)O. The van der Waals surface area contributed by atoms with Crippen LogP contribution in [-0.4, -0.2) is 16.7 Å². The van der Waals surface area contributed by atoms with Crippen molar-refractivity contribution in [2.75, 3.05) is 0 Å². The van der Waals surface area contributed by atoms with E-state index in [0.29, 0.717) is 5.41 Å². The molecule has 3 heteroatoms. The number of hydrogen-bond acceptors (Lipinski definition) is 2. The number of fused-ring (bicyclic) bond motifs is 1. The normalized spacial score (nSPS) is 18.6. The van der Waals surface area contributed by atoms with Crippen LogP contribution < -0.4 is 0 Å². The zero-order valence-corrected chi connectivity index (χ0v) is 17.4. The van der Waals surface area contributed by atoms with Gasteiger partial charge in [-0.05, 0) is 91.8 Å². The molecule has 0 atom stereocenters. The second-order valence-corrected chi connectivity index (χ2v) is 9.63. The molecule has 0 saturated heterocycles. The molecular weight excluding hydrogens is 348 g/mol. The first-order valence-electron chi connectivity index (χ1n) is 10.3. The largest absolute Gasteiger partial charge is 0.492 e. The maximum Gasteiger partial charge on any atom is 0.307 e. The molecule has 2 aromatic carbocycles. The second-order valence-electron chi connectivity index (χ2n) is 9.63. The van der Waals surface area contributed by atoms with Crippen molar-refractivity contribution >= 4 is 22.3 Å². The van der Waals surface area contributed by atoms with Gasteiger partial charge in [-0.1, -0.05) is 30.3 Å². The summed E-state index contributed by atoms with van der Waals surface area (Å²) in [4.78, 5) is 11.7. The zero-order chi connectivity index (χ0) is 20.1. The summed E-state index contributed by atoms with van der Waals surface area (Å²) in [5.74, 6) is 0.298. The van der Waals surface area contributed by atoms with Gasteiger partial charge in [0.1, 0.15) is 11.4 Å². The van der Waals surface area contributed by atoms with Gasteiger partial charge in [-0.2, -0.15) is 0 Å². The molecule has 1 saturated carbocycles. The molecular formula is C25H30O3. The molecule has 0 radical (unpaired) electrons. The van der Waals surface area contributed by atoms with Gasteiger partial charge < -0.3 is 9.84 Å². The number of aryl methyl sites for hydroxylation is 1. The van der Waals surface area contributed by atoms with Crippen LogP contribution in [0.5, 0.6) is 0 Å². The standard InChI is InChI=1S/C25H30O3/c1-16-13-17-7-5-6-8-18(17)23(20(16)14-22(26)27)19-9-10-25(11-12-25)15-21(19)28-24(2,3)4/h5-8,13H,9-12,14-15H2,1-4H3,(H,26,27). The number of aliphatic carboxylic acids is 1. The molecule has 28 heavy (non-hydrogen) atoms. The lowest BCUT2D eigenvalue weighted by Gasteiger charge is -2.33. The van der Waals surface area contributed by atoms with Crippen LogP contribution in [0.15, 0.2) is 36.1 Å². The Morgan fingerprint density at radius 2 is 1.89 bits per heavy atom. The number of carbonyl (C=O) groups is 1. The third kappa shape index (κ3) is 3.67. The number of allylic oxidation sites excluding steroid dienone is 2. The third-order valence-electron chi connectivity index (χ3n) is 6.17. The predicted octanol–water partition coefficient (Wildman–Crippen LogP) is 6.27. The van der Waals surface area contributed by atoms with Gasteiger partial charge in [-0.15, -0.1) is 0 Å². The Morgan fingerprint density at radius 1 is 1.18 bits per heavy atom. The summed E-state index contributed by atoms with van der Waals surface area (Å²) in [6, 6.07) is 10.4. The second kappa shape index (κ2) is 6.65. The van der Waals surface area contributed by atoms with E-state index in [-0.39, 0.29) is 12.0 Å². The van der Waals surface area contributed by atoms with Crippen molar-refractivity contribution in [3.05, 3.63) is 52.8 Å². The summed E-state index contributed by atoms with van der Waals surface area (Å²) in [6.45, 7) is 8.32. The van der Waals surface area contributed by atoms with Crippen molar-refractivity contribution in [1.29, 1.82) is 0 Å². The van der Waals surface area contributed by atoms with Crippen LogP contribution in [0.3, 0.4) is 0 Å². The van der Waals surface area contributed by atoms with Crippen molar-refractivity contribution < 1.29 is 14.6 Å². The molecule has 1 spiro atoms. The minimum Gasteiger partial charge on any atom is -0.492 e. The fourth-order valence-corrected chi connectivity index (χ4v) is 4.65. The molecule has 4 rings (SSSR count). The van der Waals surface area contributed by atoms with Crippen LogP contribution in [0, 0.1) is 12.3 Å². The van der Waals surface area contributed by atoms with E-state index < -0.39 is 5.97 Å². The molecule has 3 nitrogen and oxygen atoms in total. The van der Waals surface area contributed by atoms with E-state index in [1.54, 1.807) is 0 Å². The van der Waals surface area contributed by atoms with Crippen molar-refractivity contribution in [1.82, 2.24) is 0 Å². The summed E-state index contributed by atoms with van der Waals surface area (Å²) < 4.78 is 6.50. The highest BCUT2D eigenvalue weighted by Gasteiger charge is 2.47. The molecule has 0 bridgehead atoms. The molecule has 0 amide bonds. The first-order valence-corrected chi connectivity index (χ1v) is 10.3. The Hall–Kier alpha value is -2.29. The fraction of sp³-hybridized carbons (Fsp3) is 0.480. The molecule has 148 valence electrons. The average Bonchev–Trinajstić information content (AvgIpc) is 3.34. The van der Waals surface area contributed by atoms with Gasteiger partial charge in [0.15, 0.2) is 0 Å².